The number of aryl methyl sites for hydroxylation is 1. The minimum Gasteiger partial charge on any atom is -0.387 e. The fourth-order valence-corrected chi connectivity index (χ4v) is 3.72. The van der Waals surface area contributed by atoms with E-state index in [4.69, 9.17) is 0 Å². The summed E-state index contributed by atoms with van der Waals surface area (Å²) in [5.41, 5.74) is 2.91. The van der Waals surface area contributed by atoms with Gasteiger partial charge in [-0.15, -0.1) is 0 Å². The molecule has 0 heterocycles. The normalized spacial score (nSPS) is 11.2. The number of rotatable bonds is 19. The summed E-state index contributed by atoms with van der Waals surface area (Å²) in [6, 6.07) is 8.79. The Balaban J connectivity index is 1.92. The predicted octanol–water partition coefficient (Wildman–Crippen LogP) is 8.50. The van der Waals surface area contributed by atoms with Gasteiger partial charge >= 0.3 is 0 Å². The van der Waals surface area contributed by atoms with Crippen LogP contribution in [0.15, 0.2) is 49.2 Å². The van der Waals surface area contributed by atoms with Gasteiger partial charge in [-0.1, -0.05) is 108 Å². The van der Waals surface area contributed by atoms with Crippen LogP contribution in [0.2, 0.25) is 0 Å². The Labute approximate surface area is 175 Å². The first-order valence-electron chi connectivity index (χ1n) is 11.9. The minimum atomic E-state index is 0.895. The largest absolute Gasteiger partial charge is 0.387 e. The van der Waals surface area contributed by atoms with E-state index in [0.717, 1.165) is 6.54 Å². The van der Waals surface area contributed by atoms with Gasteiger partial charge in [-0.05, 0) is 55.9 Å². The number of unbranched alkanes of at least 4 members (excludes halogenated alkanes) is 12. The molecule has 0 atom stereocenters. The first-order valence-corrected chi connectivity index (χ1v) is 11.9. The van der Waals surface area contributed by atoms with Crippen molar-refractivity contribution in [1.29, 1.82) is 0 Å². The Kier molecular flexibility index (Phi) is 16.5. The zero-order valence-electron chi connectivity index (χ0n) is 18.6. The molecule has 0 amide bonds. The van der Waals surface area contributed by atoms with E-state index in [0.29, 0.717) is 0 Å². The molecule has 158 valence electrons. The zero-order valence-corrected chi connectivity index (χ0v) is 18.6. The van der Waals surface area contributed by atoms with Crippen molar-refractivity contribution >= 4 is 0 Å². The lowest BCUT2D eigenvalue weighted by molar-refractivity contribution is 0.594. The highest BCUT2D eigenvalue weighted by Crippen LogP contribution is 2.15. The number of hydrogen-bond donors (Lipinski definition) is 1. The van der Waals surface area contributed by atoms with Crippen molar-refractivity contribution in [3.05, 3.63) is 60.3 Å². The molecule has 0 fully saturated rings. The number of benzene rings is 1. The van der Waals surface area contributed by atoms with Crippen LogP contribution < -0.4 is 5.32 Å². The van der Waals surface area contributed by atoms with E-state index in [2.05, 4.69) is 55.2 Å². The lowest BCUT2D eigenvalue weighted by atomic mass is 10.00. The van der Waals surface area contributed by atoms with E-state index in [1.165, 1.54) is 107 Å². The molecule has 0 aliphatic heterocycles. The molecule has 1 N–H and O–H groups in total. The maximum Gasteiger partial charge on any atom is 0.0397 e. The van der Waals surface area contributed by atoms with Crippen LogP contribution in [0, 0.1) is 0 Å². The molecule has 0 unspecified atom stereocenters. The molecule has 1 aromatic rings. The van der Waals surface area contributed by atoms with E-state index in [9.17, 15) is 0 Å². The molecule has 0 saturated carbocycles. The number of hydrogen-bond acceptors (Lipinski definition) is 1. The standard InChI is InChI=1S/C27H45N/c1-3-5-6-7-8-9-10-11-12-13-14-15-16-17-18-19-22-26-23-20-21-24-27(26)25-28-4-2/h4,11-12,20-21,23-24,28H,2-3,5-10,13-19,22,25H2,1H3/b12-11-. The third-order valence-corrected chi connectivity index (χ3v) is 5.51. The molecule has 1 aromatic carbocycles. The summed E-state index contributed by atoms with van der Waals surface area (Å²) in [5, 5.41) is 3.22. The van der Waals surface area contributed by atoms with Crippen molar-refractivity contribution in [3.8, 4) is 0 Å². The molecule has 0 saturated heterocycles. The van der Waals surface area contributed by atoms with E-state index in [-0.39, 0.29) is 0 Å². The maximum atomic E-state index is 3.74. The molecule has 0 radical (unpaired) electrons. The Morgan fingerprint density at radius 2 is 1.25 bits per heavy atom. The topological polar surface area (TPSA) is 12.0 Å². The fourth-order valence-electron chi connectivity index (χ4n) is 3.72. The summed E-state index contributed by atoms with van der Waals surface area (Å²) in [7, 11) is 0. The van der Waals surface area contributed by atoms with Crippen molar-refractivity contribution in [2.75, 3.05) is 0 Å². The first kappa shape index (κ1) is 24.5. The Bertz CT molecular complexity index is 503. The van der Waals surface area contributed by atoms with Crippen LogP contribution in [0.4, 0.5) is 0 Å². The van der Waals surface area contributed by atoms with Crippen LogP contribution in [0.1, 0.15) is 108 Å². The van der Waals surface area contributed by atoms with Gasteiger partial charge < -0.3 is 5.32 Å². The SMILES string of the molecule is C=CNCc1ccccc1CCCCCCCC/C=C\CCCCCCCC. The van der Waals surface area contributed by atoms with E-state index in [1.807, 2.05) is 0 Å². The predicted molar refractivity (Wildman–Crippen MR) is 127 cm³/mol. The van der Waals surface area contributed by atoms with Gasteiger partial charge in [-0.25, -0.2) is 0 Å². The third kappa shape index (κ3) is 13.6. The lowest BCUT2D eigenvalue weighted by Crippen LogP contribution is -2.06. The van der Waals surface area contributed by atoms with E-state index < -0.39 is 0 Å². The van der Waals surface area contributed by atoms with Crippen LogP contribution in [0.3, 0.4) is 0 Å². The maximum absolute atomic E-state index is 3.74. The Morgan fingerprint density at radius 1 is 0.714 bits per heavy atom. The van der Waals surface area contributed by atoms with Gasteiger partial charge in [0.05, 0.1) is 0 Å². The first-order chi connectivity index (χ1) is 13.9. The van der Waals surface area contributed by atoms with Crippen molar-refractivity contribution < 1.29 is 0 Å². The second-order valence-electron chi connectivity index (χ2n) is 8.04. The third-order valence-electron chi connectivity index (χ3n) is 5.51. The molecule has 1 rings (SSSR count). The lowest BCUT2D eigenvalue weighted by Gasteiger charge is -2.09. The molecule has 0 aliphatic carbocycles. The smallest absolute Gasteiger partial charge is 0.0397 e. The molecule has 28 heavy (non-hydrogen) atoms. The average molecular weight is 384 g/mol. The molecule has 1 heteroatoms. The van der Waals surface area contributed by atoms with Gasteiger partial charge in [0.2, 0.25) is 0 Å². The van der Waals surface area contributed by atoms with Gasteiger partial charge in [0.1, 0.15) is 0 Å². The van der Waals surface area contributed by atoms with Crippen molar-refractivity contribution in [2.45, 2.75) is 110 Å². The van der Waals surface area contributed by atoms with Crippen LogP contribution in [0.25, 0.3) is 0 Å². The van der Waals surface area contributed by atoms with Gasteiger partial charge in [0, 0.05) is 6.54 Å². The molecule has 0 aliphatic rings. The highest BCUT2D eigenvalue weighted by molar-refractivity contribution is 5.27. The fraction of sp³-hybridized carbons (Fsp3) is 0.630. The monoisotopic (exact) mass is 383 g/mol. The summed E-state index contributed by atoms with van der Waals surface area (Å²) in [6.45, 7) is 6.92. The molecule has 0 bridgehead atoms. The molecule has 1 nitrogen and oxygen atoms in total. The molecule has 0 aromatic heterocycles. The van der Waals surface area contributed by atoms with E-state index in [1.54, 1.807) is 6.20 Å². The van der Waals surface area contributed by atoms with Crippen LogP contribution in [0.5, 0.6) is 0 Å². The van der Waals surface area contributed by atoms with Gasteiger partial charge in [0.25, 0.3) is 0 Å². The minimum absolute atomic E-state index is 0.895. The zero-order chi connectivity index (χ0) is 20.1. The quantitative estimate of drug-likeness (QED) is 0.186. The second-order valence-corrected chi connectivity index (χ2v) is 8.04. The second kappa shape index (κ2) is 18.8. The summed E-state index contributed by atoms with van der Waals surface area (Å²) >= 11 is 0. The van der Waals surface area contributed by atoms with Gasteiger partial charge in [-0.2, -0.15) is 0 Å². The van der Waals surface area contributed by atoms with Crippen LogP contribution in [-0.4, -0.2) is 0 Å². The Hall–Kier alpha value is -1.50. The van der Waals surface area contributed by atoms with Crippen LogP contribution in [-0.2, 0) is 13.0 Å². The van der Waals surface area contributed by atoms with Crippen molar-refractivity contribution in [2.24, 2.45) is 0 Å². The van der Waals surface area contributed by atoms with Crippen molar-refractivity contribution in [3.63, 3.8) is 0 Å². The van der Waals surface area contributed by atoms with Crippen molar-refractivity contribution in [1.82, 2.24) is 5.32 Å². The summed E-state index contributed by atoms with van der Waals surface area (Å²) in [5.74, 6) is 0. The average Bonchev–Trinajstić information content (AvgIpc) is 2.72. The van der Waals surface area contributed by atoms with E-state index >= 15 is 0 Å². The summed E-state index contributed by atoms with van der Waals surface area (Å²) < 4.78 is 0. The Morgan fingerprint density at radius 3 is 1.86 bits per heavy atom. The highest BCUT2D eigenvalue weighted by atomic mass is 14.8. The van der Waals surface area contributed by atoms with Crippen LogP contribution >= 0.6 is 0 Å². The number of allylic oxidation sites excluding steroid dienone is 2. The molecule has 0 spiro atoms. The van der Waals surface area contributed by atoms with Gasteiger partial charge in [0.15, 0.2) is 0 Å². The van der Waals surface area contributed by atoms with Gasteiger partial charge in [-0.3, -0.25) is 0 Å². The highest BCUT2D eigenvalue weighted by Gasteiger charge is 2.00. The summed E-state index contributed by atoms with van der Waals surface area (Å²) in [6.07, 6.45) is 27.0. The summed E-state index contributed by atoms with van der Waals surface area (Å²) in [4.78, 5) is 0. The molecular weight excluding hydrogens is 338 g/mol. The molecular formula is C27H45N. The number of nitrogens with one attached hydrogen (secondary N) is 1.